The molecule has 0 saturated heterocycles. The van der Waals surface area contributed by atoms with Crippen molar-refractivity contribution in [2.24, 2.45) is 0 Å². The number of nitro benzene ring substituents is 1. The van der Waals surface area contributed by atoms with Crippen molar-refractivity contribution in [2.45, 2.75) is 12.8 Å². The van der Waals surface area contributed by atoms with Crippen molar-refractivity contribution in [1.29, 1.82) is 0 Å². The Bertz CT molecular complexity index is 535. The predicted octanol–water partition coefficient (Wildman–Crippen LogP) is 2.23. The number of rotatable bonds is 6. The third kappa shape index (κ3) is 4.73. The van der Waals surface area contributed by atoms with Crippen molar-refractivity contribution < 1.29 is 19.6 Å². The van der Waals surface area contributed by atoms with Gasteiger partial charge < -0.3 is 15.7 Å². The maximum absolute atomic E-state index is 11.5. The zero-order valence-corrected chi connectivity index (χ0v) is 11.0. The Hall–Kier alpha value is -2.35. The summed E-state index contributed by atoms with van der Waals surface area (Å²) in [7, 11) is 0. The zero-order chi connectivity index (χ0) is 15.1. The van der Waals surface area contributed by atoms with Crippen molar-refractivity contribution in [3.8, 4) is 0 Å². The van der Waals surface area contributed by atoms with Gasteiger partial charge >= 0.3 is 12.0 Å². The maximum atomic E-state index is 11.5. The molecule has 0 fully saturated rings. The monoisotopic (exact) mass is 301 g/mol. The molecule has 0 atom stereocenters. The van der Waals surface area contributed by atoms with E-state index in [0.29, 0.717) is 0 Å². The molecule has 0 heterocycles. The quantitative estimate of drug-likeness (QED) is 0.422. The number of urea groups is 1. The molecule has 0 aliphatic rings. The van der Waals surface area contributed by atoms with E-state index in [9.17, 15) is 19.7 Å². The third-order valence-corrected chi connectivity index (χ3v) is 2.67. The summed E-state index contributed by atoms with van der Waals surface area (Å²) in [5, 5.41) is 23.7. The molecule has 1 aromatic carbocycles. The molecular weight excluding hydrogens is 290 g/mol. The molecule has 8 nitrogen and oxygen atoms in total. The lowest BCUT2D eigenvalue weighted by molar-refractivity contribution is -0.384. The topological polar surface area (TPSA) is 122 Å². The molecular formula is C11H12ClN3O5. The number of carbonyl (C=O) groups is 2. The minimum Gasteiger partial charge on any atom is -0.481 e. The van der Waals surface area contributed by atoms with E-state index in [4.69, 9.17) is 16.7 Å². The van der Waals surface area contributed by atoms with Crippen LogP contribution in [0.4, 0.5) is 16.2 Å². The Morgan fingerprint density at radius 2 is 2.10 bits per heavy atom. The van der Waals surface area contributed by atoms with Crippen molar-refractivity contribution >= 4 is 35.0 Å². The number of carboxylic acid groups (broad SMARTS) is 1. The highest BCUT2D eigenvalue weighted by Gasteiger charge is 2.16. The molecule has 0 unspecified atom stereocenters. The fourth-order valence-electron chi connectivity index (χ4n) is 1.37. The van der Waals surface area contributed by atoms with E-state index in [1.54, 1.807) is 0 Å². The molecule has 0 aliphatic carbocycles. The second-order valence-corrected chi connectivity index (χ2v) is 4.15. The van der Waals surface area contributed by atoms with Gasteiger partial charge in [0.2, 0.25) is 0 Å². The Balaban J connectivity index is 2.56. The first-order chi connectivity index (χ1) is 9.41. The van der Waals surface area contributed by atoms with Gasteiger partial charge in [-0.3, -0.25) is 14.9 Å². The lowest BCUT2D eigenvalue weighted by Crippen LogP contribution is -2.29. The molecule has 0 saturated carbocycles. The molecule has 9 heteroatoms. The first kappa shape index (κ1) is 15.7. The number of anilines is 1. The average molecular weight is 302 g/mol. The van der Waals surface area contributed by atoms with E-state index >= 15 is 0 Å². The van der Waals surface area contributed by atoms with Crippen molar-refractivity contribution in [1.82, 2.24) is 5.32 Å². The Morgan fingerprint density at radius 3 is 2.70 bits per heavy atom. The zero-order valence-electron chi connectivity index (χ0n) is 10.3. The number of benzene rings is 1. The summed E-state index contributed by atoms with van der Waals surface area (Å²) in [6.07, 6.45) is 0.225. The van der Waals surface area contributed by atoms with Gasteiger partial charge in [-0.2, -0.15) is 0 Å². The van der Waals surface area contributed by atoms with Crippen LogP contribution in [-0.2, 0) is 4.79 Å². The van der Waals surface area contributed by atoms with Crippen molar-refractivity contribution in [2.75, 3.05) is 11.9 Å². The molecule has 108 valence electrons. The van der Waals surface area contributed by atoms with Gasteiger partial charge in [0.15, 0.2) is 0 Å². The van der Waals surface area contributed by atoms with Gasteiger partial charge in [-0.05, 0) is 12.5 Å². The summed E-state index contributed by atoms with van der Waals surface area (Å²) >= 11 is 5.79. The van der Waals surface area contributed by atoms with E-state index in [-0.39, 0.29) is 35.8 Å². The molecule has 2 amide bonds. The molecule has 1 aromatic rings. The number of nitrogens with one attached hydrogen (secondary N) is 2. The summed E-state index contributed by atoms with van der Waals surface area (Å²) in [4.78, 5) is 31.8. The first-order valence-electron chi connectivity index (χ1n) is 5.61. The third-order valence-electron chi connectivity index (χ3n) is 2.28. The van der Waals surface area contributed by atoms with Gasteiger partial charge in [-0.1, -0.05) is 17.7 Å². The Kier molecular flexibility index (Phi) is 5.73. The van der Waals surface area contributed by atoms with Gasteiger partial charge in [0.05, 0.1) is 10.6 Å². The van der Waals surface area contributed by atoms with E-state index < -0.39 is 16.9 Å². The first-order valence-corrected chi connectivity index (χ1v) is 5.99. The summed E-state index contributed by atoms with van der Waals surface area (Å²) in [5.74, 6) is -0.950. The second kappa shape index (κ2) is 7.29. The van der Waals surface area contributed by atoms with Gasteiger partial charge in [0, 0.05) is 19.0 Å². The van der Waals surface area contributed by atoms with Gasteiger partial charge in [0.25, 0.3) is 5.69 Å². The summed E-state index contributed by atoms with van der Waals surface area (Å²) in [6.45, 7) is 0.171. The van der Waals surface area contributed by atoms with Crippen molar-refractivity contribution in [3.63, 3.8) is 0 Å². The summed E-state index contributed by atoms with van der Waals surface area (Å²) in [5.41, 5.74) is -0.202. The number of amides is 2. The summed E-state index contributed by atoms with van der Waals surface area (Å²) < 4.78 is 0. The van der Waals surface area contributed by atoms with E-state index in [1.807, 2.05) is 0 Å². The van der Waals surface area contributed by atoms with Gasteiger partial charge in [-0.15, -0.1) is 0 Å². The summed E-state index contributed by atoms with van der Waals surface area (Å²) in [6, 6.07) is 3.42. The lowest BCUT2D eigenvalue weighted by Gasteiger charge is -2.08. The fraction of sp³-hybridized carbons (Fsp3) is 0.273. The lowest BCUT2D eigenvalue weighted by atomic mass is 10.3. The number of hydrogen-bond acceptors (Lipinski definition) is 4. The second-order valence-electron chi connectivity index (χ2n) is 3.77. The Labute approximate surface area is 118 Å². The molecule has 0 bridgehead atoms. The van der Waals surface area contributed by atoms with Gasteiger partial charge in [-0.25, -0.2) is 4.79 Å². The molecule has 0 radical (unpaired) electrons. The smallest absolute Gasteiger partial charge is 0.319 e. The number of nitrogens with zero attached hydrogens (tertiary/aromatic N) is 1. The number of halogens is 1. The van der Waals surface area contributed by atoms with Crippen LogP contribution in [0, 0.1) is 10.1 Å². The molecule has 0 aromatic heterocycles. The molecule has 3 N–H and O–H groups in total. The number of aliphatic carboxylic acids is 1. The largest absolute Gasteiger partial charge is 0.481 e. The minimum absolute atomic E-state index is 0.0577. The fourth-order valence-corrected chi connectivity index (χ4v) is 1.61. The van der Waals surface area contributed by atoms with Crippen molar-refractivity contribution in [3.05, 3.63) is 33.3 Å². The highest BCUT2D eigenvalue weighted by Crippen LogP contribution is 2.31. The van der Waals surface area contributed by atoms with Crippen LogP contribution in [0.1, 0.15) is 12.8 Å². The number of carbonyl (C=O) groups excluding carboxylic acids is 1. The number of carboxylic acids is 1. The van der Waals surface area contributed by atoms with Crippen LogP contribution < -0.4 is 10.6 Å². The highest BCUT2D eigenvalue weighted by molar-refractivity contribution is 6.35. The maximum Gasteiger partial charge on any atom is 0.319 e. The molecule has 20 heavy (non-hydrogen) atoms. The molecule has 0 spiro atoms. The average Bonchev–Trinajstić information content (AvgIpc) is 2.36. The minimum atomic E-state index is -0.950. The number of nitro groups is 1. The van der Waals surface area contributed by atoms with Crippen LogP contribution in [0.15, 0.2) is 18.2 Å². The van der Waals surface area contributed by atoms with Crippen LogP contribution in [0.25, 0.3) is 0 Å². The normalized spacial score (nSPS) is 9.85. The van der Waals surface area contributed by atoms with E-state index in [0.717, 1.165) is 0 Å². The van der Waals surface area contributed by atoms with Crippen LogP contribution >= 0.6 is 11.6 Å². The van der Waals surface area contributed by atoms with Crippen LogP contribution in [0.5, 0.6) is 0 Å². The van der Waals surface area contributed by atoms with Crippen LogP contribution in [-0.4, -0.2) is 28.6 Å². The van der Waals surface area contributed by atoms with Crippen LogP contribution in [0.3, 0.4) is 0 Å². The number of hydrogen-bond donors (Lipinski definition) is 3. The standard InChI is InChI=1S/C11H12ClN3O5/c12-10-7(3-1-4-8(10)15(19)20)14-11(18)13-6-2-5-9(16)17/h1,3-4H,2,5-6H2,(H,16,17)(H2,13,14,18). The van der Waals surface area contributed by atoms with E-state index in [2.05, 4.69) is 10.6 Å². The van der Waals surface area contributed by atoms with Gasteiger partial charge in [0.1, 0.15) is 5.02 Å². The molecule has 0 aliphatic heterocycles. The Morgan fingerprint density at radius 1 is 1.40 bits per heavy atom. The SMILES string of the molecule is O=C(O)CCCNC(=O)Nc1cccc([N+](=O)[O-])c1Cl. The molecule has 1 rings (SSSR count). The highest BCUT2D eigenvalue weighted by atomic mass is 35.5. The van der Waals surface area contributed by atoms with Crippen LogP contribution in [0.2, 0.25) is 5.02 Å². The van der Waals surface area contributed by atoms with E-state index in [1.165, 1.54) is 18.2 Å². The predicted molar refractivity (Wildman–Crippen MR) is 72.0 cm³/mol.